The van der Waals surface area contributed by atoms with Crippen molar-refractivity contribution in [3.63, 3.8) is 0 Å². The molecular weight excluding hydrogens is 316 g/mol. The predicted octanol–water partition coefficient (Wildman–Crippen LogP) is 2.82. The molecule has 1 aromatic carbocycles. The van der Waals surface area contributed by atoms with Crippen molar-refractivity contribution in [1.29, 1.82) is 0 Å². The zero-order chi connectivity index (χ0) is 18.7. The normalized spacial score (nSPS) is 12.6. The van der Waals surface area contributed by atoms with Crippen molar-refractivity contribution in [3.8, 4) is 0 Å². The van der Waals surface area contributed by atoms with E-state index in [9.17, 15) is 4.79 Å². The van der Waals surface area contributed by atoms with Gasteiger partial charge in [0.15, 0.2) is 5.96 Å². The highest BCUT2D eigenvalue weighted by atomic mass is 16.5. The van der Waals surface area contributed by atoms with Crippen LogP contribution >= 0.6 is 0 Å². The van der Waals surface area contributed by atoms with Crippen molar-refractivity contribution in [2.24, 2.45) is 10.9 Å². The number of rotatable bonds is 8. The van der Waals surface area contributed by atoms with Crippen LogP contribution in [0.15, 0.2) is 29.3 Å². The van der Waals surface area contributed by atoms with Crippen LogP contribution in [0.3, 0.4) is 0 Å². The minimum atomic E-state index is -0.377. The van der Waals surface area contributed by atoms with Gasteiger partial charge < -0.3 is 20.7 Å². The summed E-state index contributed by atoms with van der Waals surface area (Å²) in [5, 5.41) is 9.49. The fourth-order valence-corrected chi connectivity index (χ4v) is 2.53. The first kappa shape index (κ1) is 20.8. The van der Waals surface area contributed by atoms with Gasteiger partial charge in [0.2, 0.25) is 0 Å². The third-order valence-corrected chi connectivity index (χ3v) is 3.80. The highest BCUT2D eigenvalue weighted by Crippen LogP contribution is 2.06. The molecule has 6 nitrogen and oxygen atoms in total. The number of nitrogens with zero attached hydrogens (tertiary/aromatic N) is 1. The minimum Gasteiger partial charge on any atom is -0.450 e. The number of carbonyl (C=O) groups is 1. The second-order valence-electron chi connectivity index (χ2n) is 6.42. The lowest BCUT2D eigenvalue weighted by atomic mass is 10.0. The molecule has 0 radical (unpaired) electrons. The Balaban J connectivity index is 2.53. The summed E-state index contributed by atoms with van der Waals surface area (Å²) in [6.07, 6.45) is 0.485. The van der Waals surface area contributed by atoms with Crippen LogP contribution in [0.2, 0.25) is 0 Å². The SMILES string of the molecule is CCOC(=O)NC(CNC(=NC)NCc1ccccc1C)CC(C)C. The maximum Gasteiger partial charge on any atom is 0.407 e. The molecule has 0 saturated heterocycles. The van der Waals surface area contributed by atoms with Crippen molar-refractivity contribution in [3.05, 3.63) is 35.4 Å². The van der Waals surface area contributed by atoms with Crippen molar-refractivity contribution >= 4 is 12.1 Å². The quantitative estimate of drug-likeness (QED) is 0.499. The first-order chi connectivity index (χ1) is 12.0. The predicted molar refractivity (Wildman–Crippen MR) is 103 cm³/mol. The van der Waals surface area contributed by atoms with E-state index in [1.165, 1.54) is 11.1 Å². The molecule has 0 heterocycles. The summed E-state index contributed by atoms with van der Waals surface area (Å²) in [5.41, 5.74) is 2.47. The second kappa shape index (κ2) is 11.3. The first-order valence-corrected chi connectivity index (χ1v) is 8.88. The Morgan fingerprint density at radius 1 is 1.24 bits per heavy atom. The van der Waals surface area contributed by atoms with E-state index in [0.29, 0.717) is 31.6 Å². The Morgan fingerprint density at radius 3 is 2.56 bits per heavy atom. The molecular formula is C19H32N4O2. The first-order valence-electron chi connectivity index (χ1n) is 8.88. The Hall–Kier alpha value is -2.24. The maximum atomic E-state index is 11.7. The lowest BCUT2D eigenvalue weighted by Gasteiger charge is -2.22. The van der Waals surface area contributed by atoms with E-state index in [1.54, 1.807) is 14.0 Å². The minimum absolute atomic E-state index is 0.0175. The van der Waals surface area contributed by atoms with Crippen LogP contribution in [0.4, 0.5) is 4.79 Å². The Labute approximate surface area is 151 Å². The number of hydrogen-bond donors (Lipinski definition) is 3. The molecule has 0 aliphatic heterocycles. The van der Waals surface area contributed by atoms with Gasteiger partial charge in [0.05, 0.1) is 6.61 Å². The molecule has 1 amide bonds. The standard InChI is InChI=1S/C19H32N4O2/c1-6-25-19(24)23-17(11-14(2)3)13-22-18(20-5)21-12-16-10-8-7-9-15(16)4/h7-10,14,17H,6,11-13H2,1-5H3,(H,23,24)(H2,20,21,22). The van der Waals surface area contributed by atoms with Gasteiger partial charge >= 0.3 is 6.09 Å². The highest BCUT2D eigenvalue weighted by molar-refractivity contribution is 5.79. The summed E-state index contributed by atoms with van der Waals surface area (Å²) in [4.78, 5) is 15.9. The van der Waals surface area contributed by atoms with Gasteiger partial charge in [-0.3, -0.25) is 4.99 Å². The maximum absolute atomic E-state index is 11.7. The van der Waals surface area contributed by atoms with Gasteiger partial charge in [-0.05, 0) is 37.3 Å². The Morgan fingerprint density at radius 2 is 1.96 bits per heavy atom. The number of hydrogen-bond acceptors (Lipinski definition) is 3. The summed E-state index contributed by atoms with van der Waals surface area (Å²) in [6.45, 7) is 9.81. The fraction of sp³-hybridized carbons (Fsp3) is 0.579. The number of aliphatic imine (C=N–C) groups is 1. The fourth-order valence-electron chi connectivity index (χ4n) is 2.53. The van der Waals surface area contributed by atoms with Crippen LogP contribution in [0, 0.1) is 12.8 Å². The molecule has 1 rings (SSSR count). The molecule has 0 aromatic heterocycles. The molecule has 0 bridgehead atoms. The van der Waals surface area contributed by atoms with E-state index in [1.807, 2.05) is 12.1 Å². The summed E-state index contributed by atoms with van der Waals surface area (Å²) in [7, 11) is 1.74. The van der Waals surface area contributed by atoms with Gasteiger partial charge in [-0.1, -0.05) is 38.1 Å². The molecule has 0 saturated carbocycles. The zero-order valence-electron chi connectivity index (χ0n) is 16.1. The number of amides is 1. The van der Waals surface area contributed by atoms with Gasteiger partial charge in [-0.15, -0.1) is 0 Å². The third-order valence-electron chi connectivity index (χ3n) is 3.80. The van der Waals surface area contributed by atoms with Gasteiger partial charge in [-0.2, -0.15) is 0 Å². The molecule has 0 spiro atoms. The molecule has 1 atom stereocenters. The number of nitrogens with one attached hydrogen (secondary N) is 3. The second-order valence-corrected chi connectivity index (χ2v) is 6.42. The van der Waals surface area contributed by atoms with Gasteiger partial charge in [0.25, 0.3) is 0 Å². The molecule has 25 heavy (non-hydrogen) atoms. The number of carbonyl (C=O) groups excluding carboxylic acids is 1. The Kier molecular flexibility index (Phi) is 9.43. The largest absolute Gasteiger partial charge is 0.450 e. The average molecular weight is 348 g/mol. The summed E-state index contributed by atoms with van der Waals surface area (Å²) >= 11 is 0. The van der Waals surface area contributed by atoms with E-state index in [2.05, 4.69) is 53.8 Å². The van der Waals surface area contributed by atoms with Crippen LogP contribution < -0.4 is 16.0 Å². The highest BCUT2D eigenvalue weighted by Gasteiger charge is 2.15. The lowest BCUT2D eigenvalue weighted by Crippen LogP contribution is -2.47. The average Bonchev–Trinajstić information content (AvgIpc) is 2.56. The van der Waals surface area contributed by atoms with E-state index in [-0.39, 0.29) is 12.1 Å². The molecule has 0 aliphatic rings. The summed E-state index contributed by atoms with van der Waals surface area (Å²) in [6, 6.07) is 8.23. The molecule has 1 unspecified atom stereocenters. The summed E-state index contributed by atoms with van der Waals surface area (Å²) in [5.74, 6) is 1.18. The number of aryl methyl sites for hydroxylation is 1. The van der Waals surface area contributed by atoms with Crippen LogP contribution in [0.25, 0.3) is 0 Å². The molecule has 0 aliphatic carbocycles. The lowest BCUT2D eigenvalue weighted by molar-refractivity contribution is 0.146. The summed E-state index contributed by atoms with van der Waals surface area (Å²) < 4.78 is 4.98. The molecule has 140 valence electrons. The third kappa shape index (κ3) is 8.42. The van der Waals surface area contributed by atoms with Crippen molar-refractivity contribution in [2.75, 3.05) is 20.2 Å². The number of ether oxygens (including phenoxy) is 1. The van der Waals surface area contributed by atoms with Crippen LogP contribution in [-0.2, 0) is 11.3 Å². The molecule has 6 heteroatoms. The van der Waals surface area contributed by atoms with Crippen molar-refractivity contribution in [1.82, 2.24) is 16.0 Å². The molecule has 1 aromatic rings. The Bertz CT molecular complexity index is 558. The van der Waals surface area contributed by atoms with E-state index < -0.39 is 0 Å². The van der Waals surface area contributed by atoms with E-state index >= 15 is 0 Å². The van der Waals surface area contributed by atoms with Gasteiger partial charge in [0, 0.05) is 26.2 Å². The zero-order valence-corrected chi connectivity index (χ0v) is 16.1. The number of benzene rings is 1. The van der Waals surface area contributed by atoms with E-state index in [0.717, 1.165) is 6.42 Å². The topological polar surface area (TPSA) is 74.8 Å². The van der Waals surface area contributed by atoms with Crippen LogP contribution in [-0.4, -0.2) is 38.3 Å². The molecule has 0 fully saturated rings. The molecule has 3 N–H and O–H groups in total. The number of guanidine groups is 1. The van der Waals surface area contributed by atoms with Crippen molar-refractivity contribution < 1.29 is 9.53 Å². The van der Waals surface area contributed by atoms with Crippen LogP contribution in [0.1, 0.15) is 38.3 Å². The smallest absolute Gasteiger partial charge is 0.407 e. The van der Waals surface area contributed by atoms with Gasteiger partial charge in [0.1, 0.15) is 0 Å². The van der Waals surface area contributed by atoms with Crippen LogP contribution in [0.5, 0.6) is 0 Å². The van der Waals surface area contributed by atoms with Gasteiger partial charge in [-0.25, -0.2) is 4.79 Å². The number of alkyl carbamates (subject to hydrolysis) is 1. The monoisotopic (exact) mass is 348 g/mol. The van der Waals surface area contributed by atoms with E-state index in [4.69, 9.17) is 4.74 Å². The van der Waals surface area contributed by atoms with Crippen molar-refractivity contribution in [2.45, 2.75) is 46.7 Å².